The Kier molecular flexibility index (Phi) is 11.0. The number of hydrogen-bond donors (Lipinski definition) is 2. The molecule has 7 nitrogen and oxygen atoms in total. The maximum Gasteiger partial charge on any atom is 0.191 e. The number of methoxy groups -OCH3 is 1. The lowest BCUT2D eigenvalue weighted by Gasteiger charge is -2.15. The summed E-state index contributed by atoms with van der Waals surface area (Å²) in [5, 5.41) is 10.7. The number of ether oxygens (including phenoxy) is 2. The van der Waals surface area contributed by atoms with Gasteiger partial charge < -0.3 is 24.6 Å². The van der Waals surface area contributed by atoms with Crippen LogP contribution in [0.25, 0.3) is 11.3 Å². The summed E-state index contributed by atoms with van der Waals surface area (Å²) >= 11 is 0. The first-order valence-electron chi connectivity index (χ1n) is 10.4. The minimum absolute atomic E-state index is 0. The molecule has 0 bridgehead atoms. The van der Waals surface area contributed by atoms with Crippen LogP contribution < -0.4 is 15.4 Å². The maximum absolute atomic E-state index is 5.96. The normalized spacial score (nSPS) is 11.0. The van der Waals surface area contributed by atoms with Gasteiger partial charge in [-0.15, -0.1) is 24.0 Å². The molecule has 0 amide bonds. The Labute approximate surface area is 206 Å². The minimum atomic E-state index is 0. The third-order valence-corrected chi connectivity index (χ3v) is 4.70. The average molecular weight is 550 g/mol. The molecule has 0 spiro atoms. The molecule has 0 fully saturated rings. The van der Waals surface area contributed by atoms with Crippen molar-refractivity contribution in [3.63, 3.8) is 0 Å². The molecule has 1 aromatic heterocycles. The highest BCUT2D eigenvalue weighted by Crippen LogP contribution is 2.21. The summed E-state index contributed by atoms with van der Waals surface area (Å²) in [6.45, 7) is 4.45. The quantitative estimate of drug-likeness (QED) is 0.167. The molecule has 8 heteroatoms. The van der Waals surface area contributed by atoms with Crippen LogP contribution in [-0.4, -0.2) is 38.5 Å². The van der Waals surface area contributed by atoms with Crippen LogP contribution in [0.15, 0.2) is 64.1 Å². The summed E-state index contributed by atoms with van der Waals surface area (Å²) < 4.78 is 16.5. The highest BCUT2D eigenvalue weighted by Gasteiger charge is 2.09. The first kappa shape index (κ1) is 25.7. The largest absolute Gasteiger partial charge is 0.493 e. The van der Waals surface area contributed by atoms with Crippen molar-refractivity contribution in [1.29, 1.82) is 0 Å². The fraction of sp³-hybridized carbons (Fsp3) is 0.333. The molecule has 0 atom stereocenters. The molecular weight excluding hydrogens is 519 g/mol. The van der Waals surface area contributed by atoms with E-state index in [2.05, 4.69) is 45.9 Å². The first-order valence-corrected chi connectivity index (χ1v) is 10.4. The molecule has 0 aliphatic heterocycles. The average Bonchev–Trinajstić information content (AvgIpc) is 3.27. The number of halogens is 1. The van der Waals surface area contributed by atoms with E-state index in [0.717, 1.165) is 40.3 Å². The number of rotatable bonds is 10. The Hall–Kier alpha value is -2.59. The number of nitrogens with one attached hydrogen (secondary N) is 2. The molecule has 32 heavy (non-hydrogen) atoms. The number of aliphatic imine (C=N–C) groups is 1. The van der Waals surface area contributed by atoms with Crippen LogP contribution in [0.1, 0.15) is 23.2 Å². The number of guanidine groups is 1. The monoisotopic (exact) mass is 550 g/mol. The lowest BCUT2D eigenvalue weighted by atomic mass is 10.1. The molecule has 172 valence electrons. The fourth-order valence-corrected chi connectivity index (χ4v) is 3.03. The van der Waals surface area contributed by atoms with Crippen LogP contribution in [0.3, 0.4) is 0 Å². The Morgan fingerprint density at radius 3 is 2.56 bits per heavy atom. The Morgan fingerprint density at radius 1 is 1.03 bits per heavy atom. The summed E-state index contributed by atoms with van der Waals surface area (Å²) in [4.78, 5) is 4.30. The molecular formula is C24H31IN4O3. The van der Waals surface area contributed by atoms with E-state index < -0.39 is 0 Å². The van der Waals surface area contributed by atoms with E-state index in [1.54, 1.807) is 14.2 Å². The van der Waals surface area contributed by atoms with Gasteiger partial charge in [-0.2, -0.15) is 0 Å². The van der Waals surface area contributed by atoms with Crippen molar-refractivity contribution < 1.29 is 14.0 Å². The third-order valence-electron chi connectivity index (χ3n) is 4.70. The van der Waals surface area contributed by atoms with Gasteiger partial charge in [0, 0.05) is 50.9 Å². The molecule has 3 rings (SSSR count). The van der Waals surface area contributed by atoms with Gasteiger partial charge in [0.2, 0.25) is 0 Å². The van der Waals surface area contributed by atoms with Gasteiger partial charge in [0.05, 0.1) is 13.2 Å². The first-order chi connectivity index (χ1) is 15.2. The van der Waals surface area contributed by atoms with Crippen LogP contribution in [0.5, 0.6) is 5.75 Å². The Bertz CT molecular complexity index is 976. The molecule has 0 aliphatic carbocycles. The van der Waals surface area contributed by atoms with Gasteiger partial charge in [-0.05, 0) is 18.6 Å². The third kappa shape index (κ3) is 7.83. The summed E-state index contributed by atoms with van der Waals surface area (Å²) in [6.07, 6.45) is 0.850. The van der Waals surface area contributed by atoms with Gasteiger partial charge in [-0.25, -0.2) is 0 Å². The van der Waals surface area contributed by atoms with E-state index in [4.69, 9.17) is 14.0 Å². The standard InChI is InChI=1S/C24H30N4O3.HI/c1-18-10-11-20(22(14-18)30-13-7-12-29-3)16-26-24(25-2)27-17-21-15-23(31-28-21)19-8-5-4-6-9-19;/h4-6,8-11,14-15H,7,12-13,16-17H2,1-3H3,(H2,25,26,27);1H. The van der Waals surface area contributed by atoms with Gasteiger partial charge in [0.25, 0.3) is 0 Å². The SMILES string of the molecule is CN=C(NCc1cc(-c2ccccc2)on1)NCc1ccc(C)cc1OCCCOC.I. The fourth-order valence-electron chi connectivity index (χ4n) is 3.03. The van der Waals surface area contributed by atoms with E-state index in [1.165, 1.54) is 0 Å². The van der Waals surface area contributed by atoms with Crippen molar-refractivity contribution in [3.05, 3.63) is 71.4 Å². The van der Waals surface area contributed by atoms with Crippen molar-refractivity contribution in [2.75, 3.05) is 27.4 Å². The van der Waals surface area contributed by atoms with E-state index in [9.17, 15) is 0 Å². The molecule has 0 aliphatic rings. The van der Waals surface area contributed by atoms with Crippen LogP contribution in [0.4, 0.5) is 0 Å². The molecule has 0 unspecified atom stereocenters. The number of hydrogen-bond acceptors (Lipinski definition) is 5. The molecule has 0 saturated heterocycles. The van der Waals surface area contributed by atoms with Crippen molar-refractivity contribution in [2.45, 2.75) is 26.4 Å². The summed E-state index contributed by atoms with van der Waals surface area (Å²) in [7, 11) is 3.44. The smallest absolute Gasteiger partial charge is 0.191 e. The van der Waals surface area contributed by atoms with Gasteiger partial charge >= 0.3 is 0 Å². The number of aromatic nitrogens is 1. The molecule has 0 radical (unpaired) electrons. The summed E-state index contributed by atoms with van der Waals surface area (Å²) in [6, 6.07) is 18.1. The van der Waals surface area contributed by atoms with E-state index in [0.29, 0.717) is 32.3 Å². The Morgan fingerprint density at radius 2 is 1.81 bits per heavy atom. The van der Waals surface area contributed by atoms with Crippen LogP contribution in [0, 0.1) is 6.92 Å². The molecule has 2 aromatic carbocycles. The van der Waals surface area contributed by atoms with Gasteiger partial charge in [0.15, 0.2) is 11.7 Å². The van der Waals surface area contributed by atoms with Crippen molar-refractivity contribution in [1.82, 2.24) is 15.8 Å². The summed E-state index contributed by atoms with van der Waals surface area (Å²) in [5.74, 6) is 2.30. The Balaban J connectivity index is 0.00000363. The zero-order valence-corrected chi connectivity index (χ0v) is 21.1. The molecule has 2 N–H and O–H groups in total. The highest BCUT2D eigenvalue weighted by atomic mass is 127. The molecule has 1 heterocycles. The molecule has 3 aromatic rings. The molecule has 0 saturated carbocycles. The number of benzene rings is 2. The van der Waals surface area contributed by atoms with Crippen LogP contribution in [-0.2, 0) is 17.8 Å². The van der Waals surface area contributed by atoms with Crippen LogP contribution in [0.2, 0.25) is 0 Å². The van der Waals surface area contributed by atoms with Gasteiger partial charge in [0.1, 0.15) is 11.4 Å². The van der Waals surface area contributed by atoms with Crippen molar-refractivity contribution in [3.8, 4) is 17.1 Å². The van der Waals surface area contributed by atoms with Crippen molar-refractivity contribution in [2.24, 2.45) is 4.99 Å². The van der Waals surface area contributed by atoms with E-state index in [-0.39, 0.29) is 24.0 Å². The van der Waals surface area contributed by atoms with Crippen LogP contribution >= 0.6 is 24.0 Å². The predicted octanol–water partition coefficient (Wildman–Crippen LogP) is 4.55. The zero-order chi connectivity index (χ0) is 21.9. The maximum atomic E-state index is 5.96. The van der Waals surface area contributed by atoms with Gasteiger partial charge in [-0.1, -0.05) is 47.6 Å². The second-order valence-corrected chi connectivity index (χ2v) is 7.13. The van der Waals surface area contributed by atoms with Gasteiger partial charge in [-0.3, -0.25) is 4.99 Å². The lowest BCUT2D eigenvalue weighted by molar-refractivity contribution is 0.171. The zero-order valence-electron chi connectivity index (χ0n) is 18.8. The second-order valence-electron chi connectivity index (χ2n) is 7.13. The predicted molar refractivity (Wildman–Crippen MR) is 138 cm³/mol. The van der Waals surface area contributed by atoms with Crippen molar-refractivity contribution >= 4 is 29.9 Å². The number of nitrogens with zero attached hydrogens (tertiary/aromatic N) is 2. The second kappa shape index (κ2) is 13.7. The minimum Gasteiger partial charge on any atom is -0.493 e. The summed E-state index contributed by atoms with van der Waals surface area (Å²) in [5.41, 5.74) is 4.03. The topological polar surface area (TPSA) is 80.9 Å². The number of aryl methyl sites for hydroxylation is 1. The lowest BCUT2D eigenvalue weighted by Crippen LogP contribution is -2.36. The van der Waals surface area contributed by atoms with E-state index >= 15 is 0 Å². The van der Waals surface area contributed by atoms with E-state index in [1.807, 2.05) is 36.4 Å². The highest BCUT2D eigenvalue weighted by molar-refractivity contribution is 14.0.